The van der Waals surface area contributed by atoms with Crippen LogP contribution in [0, 0.1) is 0 Å². The summed E-state index contributed by atoms with van der Waals surface area (Å²) in [5.74, 6) is 0.987. The summed E-state index contributed by atoms with van der Waals surface area (Å²) < 4.78 is 1.89. The number of nitrogens with one attached hydrogen (secondary N) is 1. The van der Waals surface area contributed by atoms with Gasteiger partial charge >= 0.3 is 0 Å². The molecule has 0 radical (unpaired) electrons. The fourth-order valence-electron chi connectivity index (χ4n) is 4.01. The minimum atomic E-state index is 0.853. The number of fused-ring (bicyclic) bond motifs is 1. The number of anilines is 1. The van der Waals surface area contributed by atoms with Crippen LogP contribution in [0.25, 0.3) is 22.8 Å². The predicted molar refractivity (Wildman–Crippen MR) is 120 cm³/mol. The molecule has 30 heavy (non-hydrogen) atoms. The first-order chi connectivity index (χ1) is 14.9. The quantitative estimate of drug-likeness (QED) is 0.561. The molecule has 1 saturated heterocycles. The van der Waals surface area contributed by atoms with Gasteiger partial charge in [-0.25, -0.2) is 14.6 Å². The minimum absolute atomic E-state index is 0.853. The third-order valence-corrected chi connectivity index (χ3v) is 5.63. The van der Waals surface area contributed by atoms with E-state index in [4.69, 9.17) is 0 Å². The van der Waals surface area contributed by atoms with Gasteiger partial charge in [0.25, 0.3) is 0 Å². The summed E-state index contributed by atoms with van der Waals surface area (Å²) in [5.41, 5.74) is 3.12. The highest BCUT2D eigenvalue weighted by molar-refractivity contribution is 5.87. The second-order valence-corrected chi connectivity index (χ2v) is 7.58. The van der Waals surface area contributed by atoms with E-state index in [0.29, 0.717) is 0 Å². The van der Waals surface area contributed by atoms with E-state index in [0.717, 1.165) is 55.3 Å². The van der Waals surface area contributed by atoms with Gasteiger partial charge in [-0.05, 0) is 23.8 Å². The van der Waals surface area contributed by atoms with Crippen molar-refractivity contribution in [2.45, 2.75) is 0 Å². The molecular weight excluding hydrogens is 372 g/mol. The molecule has 6 heteroatoms. The molecule has 0 aliphatic carbocycles. The van der Waals surface area contributed by atoms with Crippen molar-refractivity contribution in [1.82, 2.24) is 19.7 Å². The van der Waals surface area contributed by atoms with Crippen molar-refractivity contribution in [3.8, 4) is 5.69 Å². The molecule has 5 rings (SSSR count). The molecule has 0 bridgehead atoms. The maximum Gasteiger partial charge on any atom is 0.168 e. The van der Waals surface area contributed by atoms with Crippen molar-refractivity contribution in [1.29, 1.82) is 0 Å². The molecule has 3 heterocycles. The van der Waals surface area contributed by atoms with Crippen LogP contribution in [-0.4, -0.2) is 52.5 Å². The molecule has 2 aromatic heterocycles. The maximum absolute atomic E-state index is 4.60. The van der Waals surface area contributed by atoms with Gasteiger partial charge in [0.05, 0.1) is 50.0 Å². The average molecular weight is 398 g/mol. The maximum atomic E-state index is 4.60. The first kappa shape index (κ1) is 18.5. The predicted octanol–water partition coefficient (Wildman–Crippen LogP) is 2.23. The van der Waals surface area contributed by atoms with Crippen LogP contribution in [0.1, 0.15) is 5.56 Å². The number of piperazine rings is 1. The Kier molecular flexibility index (Phi) is 5.23. The van der Waals surface area contributed by atoms with E-state index in [2.05, 4.69) is 62.5 Å². The fraction of sp³-hybridized carbons (Fsp3) is 0.208. The molecule has 0 spiro atoms. The number of quaternary nitrogens is 1. The smallest absolute Gasteiger partial charge is 0.168 e. The Labute approximate surface area is 176 Å². The number of hydrogen-bond donors (Lipinski definition) is 1. The van der Waals surface area contributed by atoms with Crippen LogP contribution >= 0.6 is 0 Å². The lowest BCUT2D eigenvalue weighted by atomic mass is 10.2. The van der Waals surface area contributed by atoms with E-state index in [1.54, 1.807) is 11.2 Å². The SMILES string of the molecule is C(=C\c1ccccc1)/C[NH+]1CCN(c2ncnc3c2cnn3-c2ccccc2)CC1. The van der Waals surface area contributed by atoms with Gasteiger partial charge in [0.2, 0.25) is 0 Å². The van der Waals surface area contributed by atoms with Gasteiger partial charge < -0.3 is 9.80 Å². The largest absolute Gasteiger partial charge is 0.345 e. The summed E-state index contributed by atoms with van der Waals surface area (Å²) in [6.45, 7) is 5.21. The van der Waals surface area contributed by atoms with E-state index in [1.165, 1.54) is 5.56 Å². The zero-order chi connectivity index (χ0) is 20.2. The van der Waals surface area contributed by atoms with Crippen LogP contribution in [0.5, 0.6) is 0 Å². The van der Waals surface area contributed by atoms with Crippen LogP contribution in [0.3, 0.4) is 0 Å². The Hall–Kier alpha value is -3.51. The van der Waals surface area contributed by atoms with Crippen molar-refractivity contribution in [2.24, 2.45) is 0 Å². The number of para-hydroxylation sites is 1. The Balaban J connectivity index is 1.27. The molecule has 1 aliphatic rings. The molecule has 0 amide bonds. The summed E-state index contributed by atoms with van der Waals surface area (Å²) in [4.78, 5) is 13.1. The first-order valence-corrected chi connectivity index (χ1v) is 10.4. The molecule has 1 fully saturated rings. The Bertz CT molecular complexity index is 1130. The second-order valence-electron chi connectivity index (χ2n) is 7.58. The summed E-state index contributed by atoms with van der Waals surface area (Å²) in [6.07, 6.45) is 8.04. The number of hydrogen-bond acceptors (Lipinski definition) is 4. The van der Waals surface area contributed by atoms with Crippen molar-refractivity contribution >= 4 is 22.9 Å². The lowest BCUT2D eigenvalue weighted by Gasteiger charge is -2.32. The topological polar surface area (TPSA) is 51.3 Å². The second kappa shape index (κ2) is 8.47. The molecule has 0 saturated carbocycles. The molecule has 2 aromatic carbocycles. The summed E-state index contributed by atoms with van der Waals surface area (Å²) in [5, 5.41) is 5.59. The van der Waals surface area contributed by atoms with E-state index >= 15 is 0 Å². The summed E-state index contributed by atoms with van der Waals surface area (Å²) >= 11 is 0. The third-order valence-electron chi connectivity index (χ3n) is 5.63. The average Bonchev–Trinajstić information content (AvgIpc) is 3.25. The lowest BCUT2D eigenvalue weighted by Crippen LogP contribution is -3.14. The van der Waals surface area contributed by atoms with Crippen molar-refractivity contribution in [2.75, 3.05) is 37.6 Å². The van der Waals surface area contributed by atoms with Crippen LogP contribution < -0.4 is 9.80 Å². The number of aromatic nitrogens is 4. The minimum Gasteiger partial charge on any atom is -0.345 e. The van der Waals surface area contributed by atoms with E-state index in [9.17, 15) is 0 Å². The molecule has 150 valence electrons. The molecule has 1 N–H and O–H groups in total. The highest BCUT2D eigenvalue weighted by Gasteiger charge is 2.23. The number of rotatable bonds is 5. The molecule has 1 aliphatic heterocycles. The van der Waals surface area contributed by atoms with Gasteiger partial charge in [-0.15, -0.1) is 0 Å². The Morgan fingerprint density at radius 3 is 2.40 bits per heavy atom. The Morgan fingerprint density at radius 2 is 1.63 bits per heavy atom. The van der Waals surface area contributed by atoms with Gasteiger partial charge in [0.1, 0.15) is 12.1 Å². The van der Waals surface area contributed by atoms with E-state index in [1.807, 2.05) is 41.2 Å². The normalized spacial score (nSPS) is 15.3. The Morgan fingerprint density at radius 1 is 0.900 bits per heavy atom. The van der Waals surface area contributed by atoms with Crippen LogP contribution in [0.2, 0.25) is 0 Å². The fourth-order valence-corrected chi connectivity index (χ4v) is 4.01. The zero-order valence-corrected chi connectivity index (χ0v) is 16.9. The van der Waals surface area contributed by atoms with Crippen LogP contribution in [-0.2, 0) is 0 Å². The molecule has 6 nitrogen and oxygen atoms in total. The standard InChI is InChI=1S/C24H24N6/c1-3-8-20(9-4-1)10-7-13-28-14-16-29(17-15-28)23-22-18-27-30(24(22)26-19-25-23)21-11-5-2-6-12-21/h1-12,18-19H,13-17H2/p+1/b10-7+. The van der Waals surface area contributed by atoms with E-state index in [-0.39, 0.29) is 0 Å². The van der Waals surface area contributed by atoms with Gasteiger partial charge in [0.15, 0.2) is 5.65 Å². The van der Waals surface area contributed by atoms with Gasteiger partial charge in [-0.1, -0.05) is 54.6 Å². The van der Waals surface area contributed by atoms with Gasteiger partial charge in [-0.3, -0.25) is 0 Å². The zero-order valence-electron chi connectivity index (χ0n) is 16.9. The van der Waals surface area contributed by atoms with Crippen LogP contribution in [0.4, 0.5) is 5.82 Å². The van der Waals surface area contributed by atoms with Gasteiger partial charge in [-0.2, -0.15) is 5.10 Å². The molecular formula is C24H25N6+. The molecule has 4 aromatic rings. The number of benzene rings is 2. The highest BCUT2D eigenvalue weighted by Crippen LogP contribution is 2.24. The molecule has 0 unspecified atom stereocenters. The number of nitrogens with zero attached hydrogens (tertiary/aromatic N) is 5. The van der Waals surface area contributed by atoms with Gasteiger partial charge in [0, 0.05) is 0 Å². The molecule has 0 atom stereocenters. The van der Waals surface area contributed by atoms with E-state index < -0.39 is 0 Å². The monoisotopic (exact) mass is 397 g/mol. The van der Waals surface area contributed by atoms with Crippen molar-refractivity contribution < 1.29 is 4.90 Å². The summed E-state index contributed by atoms with van der Waals surface area (Å²) in [6, 6.07) is 20.6. The lowest BCUT2D eigenvalue weighted by molar-refractivity contribution is -0.894. The highest BCUT2D eigenvalue weighted by atomic mass is 15.3. The van der Waals surface area contributed by atoms with Crippen LogP contribution in [0.15, 0.2) is 79.3 Å². The summed E-state index contributed by atoms with van der Waals surface area (Å²) in [7, 11) is 0. The van der Waals surface area contributed by atoms with Crippen molar-refractivity contribution in [3.63, 3.8) is 0 Å². The van der Waals surface area contributed by atoms with Crippen molar-refractivity contribution in [3.05, 3.63) is 84.8 Å². The third kappa shape index (κ3) is 3.82. The first-order valence-electron chi connectivity index (χ1n) is 10.4.